The van der Waals surface area contributed by atoms with E-state index in [2.05, 4.69) is 5.32 Å². The lowest BCUT2D eigenvalue weighted by atomic mass is 10.2. The summed E-state index contributed by atoms with van der Waals surface area (Å²) in [5.74, 6) is 0.884. The number of rotatable bonds is 9. The van der Waals surface area contributed by atoms with Crippen LogP contribution in [0.3, 0.4) is 0 Å². The Morgan fingerprint density at radius 2 is 1.82 bits per heavy atom. The minimum Gasteiger partial charge on any atom is -0.490 e. The molecule has 8 nitrogen and oxygen atoms in total. The minimum atomic E-state index is -0.524. The van der Waals surface area contributed by atoms with Crippen molar-refractivity contribution in [2.45, 2.75) is 13.8 Å². The highest BCUT2D eigenvalue weighted by molar-refractivity contribution is 6.33. The van der Waals surface area contributed by atoms with Crippen molar-refractivity contribution in [2.75, 3.05) is 37.0 Å². The molecular weight excluding hydrogens is 386 g/mol. The van der Waals surface area contributed by atoms with E-state index in [1.165, 1.54) is 18.2 Å². The lowest BCUT2D eigenvalue weighted by Crippen LogP contribution is -2.30. The zero-order valence-electron chi connectivity index (χ0n) is 15.9. The summed E-state index contributed by atoms with van der Waals surface area (Å²) >= 11 is 6.11. The molecule has 0 unspecified atom stereocenters. The molecular formula is C19H22ClN3O5. The van der Waals surface area contributed by atoms with E-state index in [0.717, 1.165) is 0 Å². The molecule has 0 aliphatic heterocycles. The van der Waals surface area contributed by atoms with Gasteiger partial charge in [0.1, 0.15) is 0 Å². The highest BCUT2D eigenvalue weighted by Crippen LogP contribution is 2.31. The molecule has 1 N–H and O–H groups in total. The molecule has 0 atom stereocenters. The molecule has 0 saturated carbocycles. The van der Waals surface area contributed by atoms with Gasteiger partial charge >= 0.3 is 0 Å². The van der Waals surface area contributed by atoms with Crippen molar-refractivity contribution < 1.29 is 19.2 Å². The molecule has 2 aromatic carbocycles. The van der Waals surface area contributed by atoms with Crippen molar-refractivity contribution in [1.82, 2.24) is 0 Å². The summed E-state index contributed by atoms with van der Waals surface area (Å²) in [7, 11) is 1.68. The van der Waals surface area contributed by atoms with Crippen molar-refractivity contribution in [3.05, 3.63) is 51.5 Å². The first-order chi connectivity index (χ1) is 13.3. The Labute approximate surface area is 168 Å². The third-order valence-corrected chi connectivity index (χ3v) is 4.06. The average molecular weight is 408 g/mol. The zero-order valence-corrected chi connectivity index (χ0v) is 16.7. The van der Waals surface area contributed by atoms with Gasteiger partial charge in [-0.2, -0.15) is 0 Å². The largest absolute Gasteiger partial charge is 0.490 e. The van der Waals surface area contributed by atoms with E-state index in [1.54, 1.807) is 30.1 Å². The maximum absolute atomic E-state index is 12.4. The standard InChI is InChI=1S/C19H22ClN3O5/c1-4-27-17-9-6-13(10-18(17)28-5-2)21-19(24)12-22(3)16-8-7-14(23(25)26)11-15(16)20/h6-11H,4-5,12H2,1-3H3,(H,21,24). The van der Waals surface area contributed by atoms with Crippen molar-refractivity contribution in [2.24, 2.45) is 0 Å². The van der Waals surface area contributed by atoms with Crippen LogP contribution in [0.5, 0.6) is 11.5 Å². The molecule has 150 valence electrons. The maximum Gasteiger partial charge on any atom is 0.271 e. The summed E-state index contributed by atoms with van der Waals surface area (Å²) in [5.41, 5.74) is 0.980. The predicted octanol–water partition coefficient (Wildman–Crippen LogP) is 4.12. The fourth-order valence-electron chi connectivity index (χ4n) is 2.55. The third kappa shape index (κ3) is 5.50. The van der Waals surface area contributed by atoms with Crippen LogP contribution in [-0.2, 0) is 4.79 Å². The quantitative estimate of drug-likeness (QED) is 0.496. The number of nitro groups is 1. The number of benzene rings is 2. The second-order valence-corrected chi connectivity index (χ2v) is 6.23. The summed E-state index contributed by atoms with van der Waals surface area (Å²) in [5, 5.41) is 13.8. The maximum atomic E-state index is 12.4. The molecule has 0 aliphatic carbocycles. The number of anilines is 2. The number of hydrogen-bond donors (Lipinski definition) is 1. The lowest BCUT2D eigenvalue weighted by molar-refractivity contribution is -0.384. The monoisotopic (exact) mass is 407 g/mol. The molecule has 0 saturated heterocycles. The van der Waals surface area contributed by atoms with E-state index in [1.807, 2.05) is 13.8 Å². The molecule has 1 amide bonds. The van der Waals surface area contributed by atoms with Crippen LogP contribution >= 0.6 is 11.6 Å². The first-order valence-corrected chi connectivity index (χ1v) is 9.08. The molecule has 0 spiro atoms. The van der Waals surface area contributed by atoms with Gasteiger partial charge in [-0.1, -0.05) is 11.6 Å². The Morgan fingerprint density at radius 1 is 1.14 bits per heavy atom. The molecule has 2 rings (SSSR count). The molecule has 28 heavy (non-hydrogen) atoms. The van der Waals surface area contributed by atoms with Gasteiger partial charge < -0.3 is 19.7 Å². The molecule has 0 radical (unpaired) electrons. The molecule has 0 aliphatic rings. The SMILES string of the molecule is CCOc1ccc(NC(=O)CN(C)c2ccc([N+](=O)[O-])cc2Cl)cc1OCC. The van der Waals surface area contributed by atoms with Crippen molar-refractivity contribution in [3.63, 3.8) is 0 Å². The van der Waals surface area contributed by atoms with Crippen molar-refractivity contribution in [1.29, 1.82) is 0 Å². The van der Waals surface area contributed by atoms with Gasteiger partial charge in [0.2, 0.25) is 5.91 Å². The fourth-order valence-corrected chi connectivity index (χ4v) is 2.87. The number of likely N-dealkylation sites (N-methyl/N-ethyl adjacent to an activating group) is 1. The molecule has 0 bridgehead atoms. The summed E-state index contributed by atoms with van der Waals surface area (Å²) in [6.07, 6.45) is 0. The zero-order chi connectivity index (χ0) is 20.7. The van der Waals surface area contributed by atoms with Crippen molar-refractivity contribution >= 4 is 34.6 Å². The van der Waals surface area contributed by atoms with E-state index in [0.29, 0.717) is 36.1 Å². The van der Waals surface area contributed by atoms with Crippen LogP contribution in [0.1, 0.15) is 13.8 Å². The second kappa shape index (κ2) is 9.80. The molecule has 9 heteroatoms. The number of hydrogen-bond acceptors (Lipinski definition) is 6. The molecule has 0 heterocycles. The Balaban J connectivity index is 2.07. The van der Waals surface area contributed by atoms with Crippen LogP contribution in [0.4, 0.5) is 17.1 Å². The first kappa shape index (κ1) is 21.3. The van der Waals surface area contributed by atoms with Gasteiger partial charge in [-0.25, -0.2) is 0 Å². The van der Waals surface area contributed by atoms with Gasteiger partial charge in [-0.05, 0) is 32.0 Å². The number of ether oxygens (including phenoxy) is 2. The van der Waals surface area contributed by atoms with Crippen LogP contribution in [0.15, 0.2) is 36.4 Å². The molecule has 2 aromatic rings. The highest BCUT2D eigenvalue weighted by atomic mass is 35.5. The number of carbonyl (C=O) groups excluding carboxylic acids is 1. The normalized spacial score (nSPS) is 10.3. The van der Waals surface area contributed by atoms with Gasteiger partial charge in [-0.3, -0.25) is 14.9 Å². The average Bonchev–Trinajstić information content (AvgIpc) is 2.63. The second-order valence-electron chi connectivity index (χ2n) is 5.82. The van der Waals surface area contributed by atoms with Crippen LogP contribution in [0.25, 0.3) is 0 Å². The van der Waals surface area contributed by atoms with E-state index in [-0.39, 0.29) is 23.2 Å². The fraction of sp³-hybridized carbons (Fsp3) is 0.316. The molecule has 0 fully saturated rings. The summed E-state index contributed by atoms with van der Waals surface area (Å²) < 4.78 is 11.1. The van der Waals surface area contributed by atoms with Crippen LogP contribution in [-0.4, -0.2) is 37.6 Å². The summed E-state index contributed by atoms with van der Waals surface area (Å²) in [6, 6.07) is 9.27. The smallest absolute Gasteiger partial charge is 0.271 e. The molecule has 0 aromatic heterocycles. The van der Waals surface area contributed by atoms with Gasteiger partial charge in [0.15, 0.2) is 11.5 Å². The van der Waals surface area contributed by atoms with Crippen LogP contribution < -0.4 is 19.7 Å². The number of carbonyl (C=O) groups is 1. The van der Waals surface area contributed by atoms with Gasteiger partial charge in [0.25, 0.3) is 5.69 Å². The number of nitro benzene ring substituents is 1. The Kier molecular flexibility index (Phi) is 7.45. The van der Waals surface area contributed by atoms with E-state index in [4.69, 9.17) is 21.1 Å². The topological polar surface area (TPSA) is 93.9 Å². The van der Waals surface area contributed by atoms with Crippen LogP contribution in [0, 0.1) is 10.1 Å². The highest BCUT2D eigenvalue weighted by Gasteiger charge is 2.15. The number of non-ortho nitro benzene ring substituents is 1. The lowest BCUT2D eigenvalue weighted by Gasteiger charge is -2.20. The van der Waals surface area contributed by atoms with Gasteiger partial charge in [-0.15, -0.1) is 0 Å². The first-order valence-electron chi connectivity index (χ1n) is 8.70. The number of halogens is 1. The number of nitrogens with one attached hydrogen (secondary N) is 1. The number of amides is 1. The van der Waals surface area contributed by atoms with Crippen molar-refractivity contribution in [3.8, 4) is 11.5 Å². The van der Waals surface area contributed by atoms with E-state index in [9.17, 15) is 14.9 Å². The Hall–Kier alpha value is -3.00. The van der Waals surface area contributed by atoms with E-state index >= 15 is 0 Å². The van der Waals surface area contributed by atoms with E-state index < -0.39 is 4.92 Å². The van der Waals surface area contributed by atoms with Crippen LogP contribution in [0.2, 0.25) is 5.02 Å². The minimum absolute atomic E-state index is 0.00864. The predicted molar refractivity (Wildman–Crippen MR) is 109 cm³/mol. The Bertz CT molecular complexity index is 859. The third-order valence-electron chi connectivity index (χ3n) is 3.76. The van der Waals surface area contributed by atoms with Gasteiger partial charge in [0, 0.05) is 30.9 Å². The number of nitrogens with zero attached hydrogens (tertiary/aromatic N) is 2. The summed E-state index contributed by atoms with van der Waals surface area (Å²) in [4.78, 5) is 24.3. The Morgan fingerprint density at radius 3 is 2.43 bits per heavy atom. The van der Waals surface area contributed by atoms with Gasteiger partial charge in [0.05, 0.1) is 35.4 Å². The summed E-state index contributed by atoms with van der Waals surface area (Å²) in [6.45, 7) is 4.73.